The second-order valence-electron chi connectivity index (χ2n) is 6.00. The summed E-state index contributed by atoms with van der Waals surface area (Å²) in [6.45, 7) is 4.15. The van der Waals surface area contributed by atoms with E-state index in [2.05, 4.69) is 21.8 Å². The summed E-state index contributed by atoms with van der Waals surface area (Å²) in [5, 5.41) is 10.4. The molecule has 24 heavy (non-hydrogen) atoms. The van der Waals surface area contributed by atoms with Crippen molar-refractivity contribution in [2.75, 3.05) is 26.8 Å². The third-order valence-electron chi connectivity index (χ3n) is 4.53. The van der Waals surface area contributed by atoms with Gasteiger partial charge in [0, 0.05) is 38.0 Å². The SMILES string of the molecule is CCC1CCOCCN1C1=NC(c2ccncc2F)=CC(O)N1C. The van der Waals surface area contributed by atoms with E-state index in [-0.39, 0.29) is 6.04 Å². The molecule has 1 N–H and O–H groups in total. The molecule has 0 radical (unpaired) electrons. The number of nitrogens with zero attached hydrogens (tertiary/aromatic N) is 4. The Balaban J connectivity index is 1.98. The molecule has 1 saturated heterocycles. The Morgan fingerprint density at radius 2 is 2.25 bits per heavy atom. The second-order valence-corrected chi connectivity index (χ2v) is 6.00. The van der Waals surface area contributed by atoms with Crippen LogP contribution in [0.2, 0.25) is 0 Å². The number of aliphatic imine (C=N–C) groups is 1. The molecule has 2 atom stereocenters. The van der Waals surface area contributed by atoms with Crippen molar-refractivity contribution in [2.24, 2.45) is 4.99 Å². The van der Waals surface area contributed by atoms with Gasteiger partial charge in [-0.25, -0.2) is 9.38 Å². The monoisotopic (exact) mass is 334 g/mol. The maximum absolute atomic E-state index is 14.1. The lowest BCUT2D eigenvalue weighted by atomic mass is 10.1. The summed E-state index contributed by atoms with van der Waals surface area (Å²) < 4.78 is 19.7. The molecule has 0 saturated carbocycles. The van der Waals surface area contributed by atoms with E-state index in [1.54, 1.807) is 24.1 Å². The first kappa shape index (κ1) is 16.9. The Morgan fingerprint density at radius 1 is 1.42 bits per heavy atom. The van der Waals surface area contributed by atoms with E-state index >= 15 is 0 Å². The Bertz CT molecular complexity index is 649. The van der Waals surface area contributed by atoms with Gasteiger partial charge in [-0.2, -0.15) is 0 Å². The highest BCUT2D eigenvalue weighted by molar-refractivity contribution is 5.89. The average Bonchev–Trinajstić information content (AvgIpc) is 2.83. The van der Waals surface area contributed by atoms with Crippen molar-refractivity contribution in [3.63, 3.8) is 0 Å². The number of aromatic nitrogens is 1. The van der Waals surface area contributed by atoms with E-state index in [9.17, 15) is 9.50 Å². The van der Waals surface area contributed by atoms with Crippen molar-refractivity contribution in [3.8, 4) is 0 Å². The lowest BCUT2D eigenvalue weighted by Crippen LogP contribution is -2.52. The molecular weight excluding hydrogens is 311 g/mol. The van der Waals surface area contributed by atoms with Crippen LogP contribution in [0.3, 0.4) is 0 Å². The van der Waals surface area contributed by atoms with Crippen LogP contribution in [-0.2, 0) is 4.74 Å². The van der Waals surface area contributed by atoms with Gasteiger partial charge in [-0.1, -0.05) is 6.92 Å². The molecule has 1 fully saturated rings. The minimum atomic E-state index is -0.859. The van der Waals surface area contributed by atoms with Crippen molar-refractivity contribution < 1.29 is 14.2 Å². The van der Waals surface area contributed by atoms with Gasteiger partial charge in [0.2, 0.25) is 5.96 Å². The number of ether oxygens (including phenoxy) is 1. The predicted octanol–water partition coefficient (Wildman–Crippen LogP) is 1.68. The topological polar surface area (TPSA) is 61.2 Å². The number of hydrogen-bond acceptors (Lipinski definition) is 6. The number of guanidine groups is 1. The Kier molecular flexibility index (Phi) is 5.11. The fourth-order valence-electron chi connectivity index (χ4n) is 3.11. The van der Waals surface area contributed by atoms with Crippen molar-refractivity contribution in [3.05, 3.63) is 35.9 Å². The van der Waals surface area contributed by atoms with Crippen LogP contribution in [0.15, 0.2) is 29.5 Å². The fourth-order valence-corrected chi connectivity index (χ4v) is 3.11. The molecule has 1 aromatic rings. The third-order valence-corrected chi connectivity index (χ3v) is 4.53. The van der Waals surface area contributed by atoms with Gasteiger partial charge in [0.05, 0.1) is 18.5 Å². The molecule has 2 unspecified atom stereocenters. The quantitative estimate of drug-likeness (QED) is 0.892. The zero-order valence-corrected chi connectivity index (χ0v) is 14.0. The van der Waals surface area contributed by atoms with Gasteiger partial charge in [-0.3, -0.25) is 4.98 Å². The number of hydrogen-bond donors (Lipinski definition) is 1. The highest BCUT2D eigenvalue weighted by Crippen LogP contribution is 2.26. The van der Waals surface area contributed by atoms with Crippen LogP contribution in [0.5, 0.6) is 0 Å². The maximum Gasteiger partial charge on any atom is 0.204 e. The van der Waals surface area contributed by atoms with Gasteiger partial charge in [-0.05, 0) is 25.0 Å². The molecule has 2 aliphatic heterocycles. The van der Waals surface area contributed by atoms with Gasteiger partial charge in [0.25, 0.3) is 0 Å². The minimum Gasteiger partial charge on any atom is -0.380 e. The van der Waals surface area contributed by atoms with Gasteiger partial charge in [0.1, 0.15) is 0 Å². The molecular formula is C17H23FN4O2. The highest BCUT2D eigenvalue weighted by atomic mass is 19.1. The molecule has 0 bridgehead atoms. The molecule has 2 aliphatic rings. The Morgan fingerprint density at radius 3 is 3.00 bits per heavy atom. The lowest BCUT2D eigenvalue weighted by Gasteiger charge is -2.39. The summed E-state index contributed by atoms with van der Waals surface area (Å²) in [5.74, 6) is 0.198. The van der Waals surface area contributed by atoms with E-state index < -0.39 is 12.0 Å². The second kappa shape index (κ2) is 7.27. The molecule has 0 aliphatic carbocycles. The van der Waals surface area contributed by atoms with Crippen LogP contribution in [-0.4, -0.2) is 64.9 Å². The third kappa shape index (κ3) is 3.27. The summed E-state index contributed by atoms with van der Waals surface area (Å²) >= 11 is 0. The molecule has 130 valence electrons. The average molecular weight is 334 g/mol. The highest BCUT2D eigenvalue weighted by Gasteiger charge is 2.30. The van der Waals surface area contributed by atoms with Crippen LogP contribution in [0, 0.1) is 5.82 Å². The van der Waals surface area contributed by atoms with Crippen LogP contribution in [0.1, 0.15) is 25.3 Å². The summed E-state index contributed by atoms with van der Waals surface area (Å²) in [7, 11) is 1.79. The van der Waals surface area contributed by atoms with Crippen LogP contribution < -0.4 is 0 Å². The Hall–Kier alpha value is -1.99. The number of aliphatic hydroxyl groups is 1. The fraction of sp³-hybridized carbons (Fsp3) is 0.529. The van der Waals surface area contributed by atoms with E-state index in [4.69, 9.17) is 4.74 Å². The molecule has 0 spiro atoms. The van der Waals surface area contributed by atoms with Gasteiger partial charge in [-0.15, -0.1) is 0 Å². The van der Waals surface area contributed by atoms with Crippen molar-refractivity contribution >= 4 is 11.7 Å². The van der Waals surface area contributed by atoms with Crippen LogP contribution in [0.25, 0.3) is 5.70 Å². The maximum atomic E-state index is 14.1. The predicted molar refractivity (Wildman–Crippen MR) is 89.6 cm³/mol. The van der Waals surface area contributed by atoms with Gasteiger partial charge in [0.15, 0.2) is 12.0 Å². The summed E-state index contributed by atoms with van der Waals surface area (Å²) in [4.78, 5) is 12.3. The smallest absolute Gasteiger partial charge is 0.204 e. The standard InChI is InChI=1S/C17H23FN4O2/c1-3-12-5-8-24-9-7-22(12)17-20-15(10-16(23)21(17)2)13-4-6-19-11-14(13)18/h4,6,10-12,16,23H,3,5,7-9H2,1-2H3. The minimum absolute atomic E-state index is 0.280. The first-order valence-corrected chi connectivity index (χ1v) is 8.27. The summed E-state index contributed by atoms with van der Waals surface area (Å²) in [6.07, 6.45) is 5.23. The van der Waals surface area contributed by atoms with Gasteiger partial charge < -0.3 is 19.6 Å². The van der Waals surface area contributed by atoms with Crippen LogP contribution >= 0.6 is 0 Å². The summed E-state index contributed by atoms with van der Waals surface area (Å²) in [6, 6.07) is 1.85. The van der Waals surface area contributed by atoms with Crippen molar-refractivity contribution in [2.45, 2.75) is 32.0 Å². The van der Waals surface area contributed by atoms with Gasteiger partial charge >= 0.3 is 0 Å². The molecule has 7 heteroatoms. The first-order valence-electron chi connectivity index (χ1n) is 8.27. The van der Waals surface area contributed by atoms with Crippen molar-refractivity contribution in [1.82, 2.24) is 14.8 Å². The van der Waals surface area contributed by atoms with E-state index in [1.165, 1.54) is 6.20 Å². The molecule has 0 aromatic carbocycles. The zero-order valence-electron chi connectivity index (χ0n) is 14.0. The molecule has 3 heterocycles. The number of rotatable bonds is 2. The number of pyridine rings is 1. The molecule has 3 rings (SSSR count). The van der Waals surface area contributed by atoms with Crippen LogP contribution in [0.4, 0.5) is 4.39 Å². The molecule has 1 aromatic heterocycles. The zero-order chi connectivity index (χ0) is 17.1. The van der Waals surface area contributed by atoms with Crippen molar-refractivity contribution in [1.29, 1.82) is 0 Å². The summed E-state index contributed by atoms with van der Waals surface area (Å²) in [5.41, 5.74) is 0.768. The normalized spacial score (nSPS) is 25.2. The number of likely N-dealkylation sites (N-methyl/N-ethyl adjacent to an activating group) is 1. The van der Waals surface area contributed by atoms with E-state index in [0.29, 0.717) is 30.4 Å². The number of halogens is 1. The lowest BCUT2D eigenvalue weighted by molar-refractivity contribution is 0.0951. The van der Waals surface area contributed by atoms with E-state index in [1.807, 2.05) is 0 Å². The molecule has 6 nitrogen and oxygen atoms in total. The number of aliphatic hydroxyl groups excluding tert-OH is 1. The largest absolute Gasteiger partial charge is 0.380 e. The first-order chi connectivity index (χ1) is 11.6. The van der Waals surface area contributed by atoms with E-state index in [0.717, 1.165) is 25.6 Å². The molecule has 0 amide bonds. The Labute approximate surface area is 141 Å².